The Balaban J connectivity index is 0.00000225. The third-order valence-corrected chi connectivity index (χ3v) is 5.22. The van der Waals surface area contributed by atoms with E-state index in [2.05, 4.69) is 34.9 Å². The van der Waals surface area contributed by atoms with Crippen molar-refractivity contribution in [3.05, 3.63) is 18.0 Å². The molecule has 2 fully saturated rings. The smallest absolute Gasteiger partial charge is 0.191 e. The van der Waals surface area contributed by atoms with Gasteiger partial charge in [-0.1, -0.05) is 0 Å². The molecule has 1 aromatic rings. The number of likely N-dealkylation sites (tertiary alicyclic amines) is 1. The van der Waals surface area contributed by atoms with Crippen LogP contribution >= 0.6 is 24.0 Å². The lowest BCUT2D eigenvalue weighted by Gasteiger charge is -2.39. The number of rotatable bonds is 3. The van der Waals surface area contributed by atoms with E-state index in [0.717, 1.165) is 32.8 Å². The van der Waals surface area contributed by atoms with Crippen LogP contribution in [0.3, 0.4) is 0 Å². The van der Waals surface area contributed by atoms with Gasteiger partial charge in [0.25, 0.3) is 0 Å². The van der Waals surface area contributed by atoms with Crippen molar-refractivity contribution in [2.24, 2.45) is 23.7 Å². The Morgan fingerprint density at radius 2 is 2.20 bits per heavy atom. The van der Waals surface area contributed by atoms with Crippen LogP contribution < -0.4 is 5.73 Å². The fourth-order valence-electron chi connectivity index (χ4n) is 3.93. The van der Waals surface area contributed by atoms with E-state index >= 15 is 0 Å². The summed E-state index contributed by atoms with van der Waals surface area (Å²) >= 11 is 0. The molecule has 8 heteroatoms. The average molecular weight is 462 g/mol. The Labute approximate surface area is 167 Å². The Hall–Kier alpha value is -0.870. The topological polar surface area (TPSA) is 71.9 Å². The molecule has 2 saturated heterocycles. The maximum atomic E-state index is 6.25. The van der Waals surface area contributed by atoms with Crippen molar-refractivity contribution < 1.29 is 4.74 Å². The highest BCUT2D eigenvalue weighted by molar-refractivity contribution is 14.0. The largest absolute Gasteiger partial charge is 0.375 e. The zero-order valence-electron chi connectivity index (χ0n) is 15.5. The van der Waals surface area contributed by atoms with Gasteiger partial charge in [0.05, 0.1) is 24.4 Å². The van der Waals surface area contributed by atoms with Crippen LogP contribution in [0, 0.1) is 5.92 Å². The third-order valence-electron chi connectivity index (χ3n) is 5.22. The molecule has 3 rings (SSSR count). The van der Waals surface area contributed by atoms with Crippen LogP contribution in [0.5, 0.6) is 0 Å². The molecule has 0 spiro atoms. The van der Waals surface area contributed by atoms with Crippen molar-refractivity contribution in [1.29, 1.82) is 0 Å². The van der Waals surface area contributed by atoms with Gasteiger partial charge in [0, 0.05) is 32.9 Å². The Morgan fingerprint density at radius 1 is 1.40 bits per heavy atom. The molecule has 2 N–H and O–H groups in total. The maximum Gasteiger partial charge on any atom is 0.191 e. The normalized spacial score (nSPS) is 28.7. The van der Waals surface area contributed by atoms with Gasteiger partial charge in [-0.25, -0.2) is 0 Å². The van der Waals surface area contributed by atoms with Crippen molar-refractivity contribution in [3.63, 3.8) is 0 Å². The summed E-state index contributed by atoms with van der Waals surface area (Å²) in [5.41, 5.74) is 7.51. The van der Waals surface area contributed by atoms with Gasteiger partial charge in [-0.15, -0.1) is 24.0 Å². The predicted octanol–water partition coefficient (Wildman–Crippen LogP) is 1.46. The first kappa shape index (κ1) is 20.4. The molecule has 3 atom stereocenters. The molecule has 0 amide bonds. The molecular formula is C17H31IN6O. The molecule has 0 aromatic carbocycles. The second kappa shape index (κ2) is 9.18. The quantitative estimate of drug-likeness (QED) is 0.419. The number of hydrogen-bond donors (Lipinski definition) is 1. The number of halogens is 1. The van der Waals surface area contributed by atoms with Gasteiger partial charge in [-0.2, -0.15) is 5.10 Å². The van der Waals surface area contributed by atoms with E-state index in [-0.39, 0.29) is 30.1 Å². The van der Waals surface area contributed by atoms with E-state index < -0.39 is 0 Å². The number of ether oxygens (including phenoxy) is 1. The van der Waals surface area contributed by atoms with Crippen LogP contribution in [0.25, 0.3) is 0 Å². The number of guanidine groups is 1. The molecule has 0 radical (unpaired) electrons. The van der Waals surface area contributed by atoms with E-state index in [1.54, 1.807) is 0 Å². The molecule has 2 aliphatic heterocycles. The summed E-state index contributed by atoms with van der Waals surface area (Å²) in [4.78, 5) is 9.30. The first-order valence-corrected chi connectivity index (χ1v) is 8.91. The molecule has 1 aromatic heterocycles. The van der Waals surface area contributed by atoms with Crippen LogP contribution in [0.2, 0.25) is 0 Å². The minimum absolute atomic E-state index is 0. The van der Waals surface area contributed by atoms with Crippen molar-refractivity contribution in [3.8, 4) is 0 Å². The van der Waals surface area contributed by atoms with Crippen molar-refractivity contribution in [2.45, 2.75) is 31.9 Å². The Bertz CT molecular complexity index is 577. The van der Waals surface area contributed by atoms with Crippen molar-refractivity contribution >= 4 is 29.9 Å². The SMILES string of the molecule is CC1CN(C(N)=NC[C@@H]2CCCN(C)[C@H]2c2ccnn2C)CCO1.I. The van der Waals surface area contributed by atoms with Crippen LogP contribution in [0.4, 0.5) is 0 Å². The van der Waals surface area contributed by atoms with E-state index in [9.17, 15) is 0 Å². The lowest BCUT2D eigenvalue weighted by atomic mass is 9.87. The first-order valence-electron chi connectivity index (χ1n) is 8.91. The van der Waals surface area contributed by atoms with E-state index in [0.29, 0.717) is 17.9 Å². The van der Waals surface area contributed by atoms with Gasteiger partial charge >= 0.3 is 0 Å². The van der Waals surface area contributed by atoms with Gasteiger partial charge in [0.1, 0.15) is 0 Å². The first-order chi connectivity index (χ1) is 11.6. The summed E-state index contributed by atoms with van der Waals surface area (Å²) in [5.74, 6) is 1.12. The van der Waals surface area contributed by atoms with E-state index in [1.165, 1.54) is 18.5 Å². The number of morpholine rings is 1. The number of piperidine rings is 1. The minimum Gasteiger partial charge on any atom is -0.375 e. The average Bonchev–Trinajstić information content (AvgIpc) is 2.98. The van der Waals surface area contributed by atoms with E-state index in [1.807, 2.05) is 17.9 Å². The van der Waals surface area contributed by atoms with E-state index in [4.69, 9.17) is 15.5 Å². The van der Waals surface area contributed by atoms with Crippen LogP contribution in [-0.2, 0) is 11.8 Å². The zero-order valence-corrected chi connectivity index (χ0v) is 17.8. The molecule has 0 saturated carbocycles. The number of aryl methyl sites for hydroxylation is 1. The number of aromatic nitrogens is 2. The molecule has 0 aliphatic carbocycles. The summed E-state index contributed by atoms with van der Waals surface area (Å²) in [6, 6.07) is 2.47. The van der Waals surface area contributed by atoms with Crippen LogP contribution in [-0.4, -0.2) is 71.5 Å². The summed E-state index contributed by atoms with van der Waals surface area (Å²) in [5, 5.41) is 4.35. The third kappa shape index (κ3) is 4.85. The molecule has 1 unspecified atom stereocenters. The highest BCUT2D eigenvalue weighted by Gasteiger charge is 2.32. The monoisotopic (exact) mass is 462 g/mol. The molecule has 3 heterocycles. The highest BCUT2D eigenvalue weighted by Crippen LogP contribution is 2.34. The fourth-order valence-corrected chi connectivity index (χ4v) is 3.93. The number of nitrogens with two attached hydrogens (primary N) is 1. The number of aliphatic imine (C=N–C) groups is 1. The molecule has 142 valence electrons. The highest BCUT2D eigenvalue weighted by atomic mass is 127. The van der Waals surface area contributed by atoms with Gasteiger partial charge < -0.3 is 15.4 Å². The number of nitrogens with zero attached hydrogens (tertiary/aromatic N) is 5. The van der Waals surface area contributed by atoms with Gasteiger partial charge in [-0.3, -0.25) is 14.6 Å². The Kier molecular flexibility index (Phi) is 7.51. The van der Waals surface area contributed by atoms with Gasteiger partial charge in [0.15, 0.2) is 5.96 Å². The molecule has 7 nitrogen and oxygen atoms in total. The lowest BCUT2D eigenvalue weighted by molar-refractivity contribution is 0.00521. The predicted molar refractivity (Wildman–Crippen MR) is 110 cm³/mol. The van der Waals surface area contributed by atoms with Gasteiger partial charge in [0.2, 0.25) is 0 Å². The second-order valence-corrected chi connectivity index (χ2v) is 7.03. The van der Waals surface area contributed by atoms with Crippen LogP contribution in [0.15, 0.2) is 17.3 Å². The van der Waals surface area contributed by atoms with Crippen LogP contribution in [0.1, 0.15) is 31.5 Å². The minimum atomic E-state index is 0. The van der Waals surface area contributed by atoms with Crippen molar-refractivity contribution in [2.75, 3.05) is 39.8 Å². The summed E-state index contributed by atoms with van der Waals surface area (Å²) < 4.78 is 7.56. The zero-order chi connectivity index (χ0) is 17.1. The summed E-state index contributed by atoms with van der Waals surface area (Å²) in [6.45, 7) is 6.33. The number of hydrogen-bond acceptors (Lipinski definition) is 4. The summed E-state index contributed by atoms with van der Waals surface area (Å²) in [7, 11) is 4.21. The molecule has 25 heavy (non-hydrogen) atoms. The van der Waals surface area contributed by atoms with Gasteiger partial charge in [-0.05, 0) is 45.3 Å². The molecule has 0 bridgehead atoms. The van der Waals surface area contributed by atoms with Crippen molar-refractivity contribution in [1.82, 2.24) is 19.6 Å². The second-order valence-electron chi connectivity index (χ2n) is 7.03. The lowest BCUT2D eigenvalue weighted by Crippen LogP contribution is -2.48. The standard InChI is InChI=1S/C17H30N6O.HI/c1-13-12-23(9-10-24-13)17(18)19-11-14-5-4-8-21(2)16(14)15-6-7-20-22(15)3;/h6-7,13-14,16H,4-5,8-12H2,1-3H3,(H2,18,19);1H/t13?,14-,16+;/m0./s1. The molecular weight excluding hydrogens is 431 g/mol. The Morgan fingerprint density at radius 3 is 2.88 bits per heavy atom. The summed E-state index contributed by atoms with van der Waals surface area (Å²) in [6.07, 6.45) is 4.48. The molecule has 2 aliphatic rings. The fraction of sp³-hybridized carbons (Fsp3) is 0.765. The maximum absolute atomic E-state index is 6.25.